The molecule has 3 rings (SSSR count). The second kappa shape index (κ2) is 8.22. The second-order valence-electron chi connectivity index (χ2n) is 6.38. The lowest BCUT2D eigenvalue weighted by Gasteiger charge is -2.20. The number of rotatable bonds is 6. The third kappa shape index (κ3) is 4.37. The van der Waals surface area contributed by atoms with Crippen LogP contribution in [0.2, 0.25) is 0 Å². The van der Waals surface area contributed by atoms with Crippen molar-refractivity contribution < 1.29 is 13.2 Å². The number of carbonyl (C=O) groups is 1. The Kier molecular flexibility index (Phi) is 5.75. The Labute approximate surface area is 164 Å². The number of hydrogen-bond donors (Lipinski definition) is 1. The molecule has 0 bridgehead atoms. The Bertz CT molecular complexity index is 1070. The molecule has 6 nitrogen and oxygen atoms in total. The van der Waals surface area contributed by atoms with Crippen LogP contribution >= 0.6 is 0 Å². The number of benzene rings is 2. The summed E-state index contributed by atoms with van der Waals surface area (Å²) in [6.07, 6.45) is 3.34. The summed E-state index contributed by atoms with van der Waals surface area (Å²) in [5, 5.41) is 2.81. The molecule has 1 aromatic heterocycles. The molecule has 0 spiro atoms. The summed E-state index contributed by atoms with van der Waals surface area (Å²) in [5.74, 6) is -0.285. The first-order valence-corrected chi connectivity index (χ1v) is 10.1. The van der Waals surface area contributed by atoms with Crippen molar-refractivity contribution in [2.75, 3.05) is 11.4 Å². The summed E-state index contributed by atoms with van der Waals surface area (Å²) in [6, 6.07) is 16.8. The first-order chi connectivity index (χ1) is 13.4. The van der Waals surface area contributed by atoms with Crippen molar-refractivity contribution in [1.29, 1.82) is 0 Å². The van der Waals surface area contributed by atoms with E-state index in [1.807, 2.05) is 13.0 Å². The number of amides is 1. The van der Waals surface area contributed by atoms with Crippen molar-refractivity contribution in [2.24, 2.45) is 0 Å². The van der Waals surface area contributed by atoms with Crippen LogP contribution in [0, 0.1) is 6.92 Å². The minimum Gasteiger partial charge on any atom is -0.348 e. The molecule has 28 heavy (non-hydrogen) atoms. The number of nitrogens with one attached hydrogen (secondary N) is 1. The van der Waals surface area contributed by atoms with Gasteiger partial charge in [-0.1, -0.05) is 29.8 Å². The normalized spacial score (nSPS) is 11.1. The Morgan fingerprint density at radius 2 is 1.82 bits per heavy atom. The van der Waals surface area contributed by atoms with Gasteiger partial charge in [-0.3, -0.25) is 14.1 Å². The molecule has 0 saturated carbocycles. The fourth-order valence-corrected chi connectivity index (χ4v) is 3.82. The molecule has 1 N–H and O–H groups in total. The van der Waals surface area contributed by atoms with Gasteiger partial charge in [0.25, 0.3) is 15.9 Å². The zero-order valence-electron chi connectivity index (χ0n) is 15.7. The SMILES string of the molecule is Cc1ccc(S(=O)(=O)N(C)c2cccc(C(=O)NCc3cccnc3)c2)cc1. The number of anilines is 1. The molecule has 0 atom stereocenters. The van der Waals surface area contributed by atoms with Gasteiger partial charge >= 0.3 is 0 Å². The van der Waals surface area contributed by atoms with Gasteiger partial charge in [-0.15, -0.1) is 0 Å². The molecule has 1 heterocycles. The summed E-state index contributed by atoms with van der Waals surface area (Å²) in [5.41, 5.74) is 2.65. The van der Waals surface area contributed by atoms with Gasteiger partial charge in [0.2, 0.25) is 0 Å². The molecular formula is C21H21N3O3S. The number of aryl methyl sites for hydroxylation is 1. The minimum atomic E-state index is -3.71. The predicted molar refractivity (Wildman–Crippen MR) is 109 cm³/mol. The monoisotopic (exact) mass is 395 g/mol. The van der Waals surface area contributed by atoms with Gasteiger partial charge in [-0.2, -0.15) is 0 Å². The van der Waals surface area contributed by atoms with E-state index in [4.69, 9.17) is 0 Å². The molecule has 144 valence electrons. The first kappa shape index (κ1) is 19.6. The van der Waals surface area contributed by atoms with Gasteiger partial charge in [-0.25, -0.2) is 8.42 Å². The highest BCUT2D eigenvalue weighted by molar-refractivity contribution is 7.92. The highest BCUT2D eigenvalue weighted by atomic mass is 32.2. The summed E-state index contributed by atoms with van der Waals surface area (Å²) < 4.78 is 26.9. The predicted octanol–water partition coefficient (Wildman–Crippen LogP) is 3.15. The number of nitrogens with zero attached hydrogens (tertiary/aromatic N) is 2. The molecule has 1 amide bonds. The van der Waals surface area contributed by atoms with Gasteiger partial charge in [0.1, 0.15) is 0 Å². The van der Waals surface area contributed by atoms with E-state index in [1.54, 1.807) is 67.0 Å². The molecule has 0 aliphatic heterocycles. The van der Waals surface area contributed by atoms with Gasteiger partial charge in [-0.05, 0) is 48.9 Å². The maximum absolute atomic E-state index is 12.9. The highest BCUT2D eigenvalue weighted by Crippen LogP contribution is 2.23. The zero-order valence-corrected chi connectivity index (χ0v) is 16.5. The van der Waals surface area contributed by atoms with Crippen LogP contribution in [-0.4, -0.2) is 26.4 Å². The zero-order chi connectivity index (χ0) is 20.1. The molecule has 0 radical (unpaired) electrons. The Morgan fingerprint density at radius 1 is 1.07 bits per heavy atom. The molecule has 0 aliphatic rings. The van der Waals surface area contributed by atoms with E-state index in [2.05, 4.69) is 10.3 Å². The van der Waals surface area contributed by atoms with E-state index in [-0.39, 0.29) is 10.8 Å². The van der Waals surface area contributed by atoms with E-state index in [0.717, 1.165) is 11.1 Å². The van der Waals surface area contributed by atoms with Crippen molar-refractivity contribution in [3.63, 3.8) is 0 Å². The number of carbonyl (C=O) groups excluding carboxylic acids is 1. The van der Waals surface area contributed by atoms with Crippen LogP contribution in [0.1, 0.15) is 21.5 Å². The average molecular weight is 395 g/mol. The van der Waals surface area contributed by atoms with Crippen molar-refractivity contribution in [2.45, 2.75) is 18.4 Å². The largest absolute Gasteiger partial charge is 0.348 e. The molecule has 2 aromatic carbocycles. The Balaban J connectivity index is 1.78. The average Bonchev–Trinajstić information content (AvgIpc) is 2.72. The summed E-state index contributed by atoms with van der Waals surface area (Å²) >= 11 is 0. The maximum Gasteiger partial charge on any atom is 0.264 e. The summed E-state index contributed by atoms with van der Waals surface area (Å²) in [6.45, 7) is 2.24. The van der Waals surface area contributed by atoms with E-state index in [0.29, 0.717) is 17.8 Å². The highest BCUT2D eigenvalue weighted by Gasteiger charge is 2.21. The Morgan fingerprint density at radius 3 is 2.50 bits per heavy atom. The van der Waals surface area contributed by atoms with Crippen molar-refractivity contribution in [3.8, 4) is 0 Å². The molecule has 0 saturated heterocycles. The van der Waals surface area contributed by atoms with Crippen molar-refractivity contribution in [1.82, 2.24) is 10.3 Å². The summed E-state index contributed by atoms with van der Waals surface area (Å²) in [7, 11) is -2.24. The van der Waals surface area contributed by atoms with Gasteiger partial charge < -0.3 is 5.32 Å². The number of hydrogen-bond acceptors (Lipinski definition) is 4. The lowest BCUT2D eigenvalue weighted by Crippen LogP contribution is -2.27. The number of pyridine rings is 1. The second-order valence-corrected chi connectivity index (χ2v) is 8.35. The fourth-order valence-electron chi connectivity index (χ4n) is 2.64. The molecule has 0 aliphatic carbocycles. The van der Waals surface area contributed by atoms with Crippen LogP contribution < -0.4 is 9.62 Å². The minimum absolute atomic E-state index is 0.201. The molecular weight excluding hydrogens is 374 g/mol. The van der Waals surface area contributed by atoms with Crippen LogP contribution in [-0.2, 0) is 16.6 Å². The lowest BCUT2D eigenvalue weighted by atomic mass is 10.2. The van der Waals surface area contributed by atoms with Crippen LogP contribution in [0.25, 0.3) is 0 Å². The van der Waals surface area contributed by atoms with Gasteiger partial charge in [0, 0.05) is 31.5 Å². The van der Waals surface area contributed by atoms with Crippen LogP contribution in [0.4, 0.5) is 5.69 Å². The molecule has 0 unspecified atom stereocenters. The standard InChI is InChI=1S/C21H21N3O3S/c1-16-8-10-20(11-9-16)28(26,27)24(2)19-7-3-6-18(13-19)21(25)23-15-17-5-4-12-22-14-17/h3-14H,15H2,1-2H3,(H,23,25). The van der Waals surface area contributed by atoms with Crippen LogP contribution in [0.3, 0.4) is 0 Å². The quantitative estimate of drug-likeness (QED) is 0.695. The lowest BCUT2D eigenvalue weighted by molar-refractivity contribution is 0.0951. The first-order valence-electron chi connectivity index (χ1n) is 8.71. The third-order valence-electron chi connectivity index (χ3n) is 4.33. The summed E-state index contributed by atoms with van der Waals surface area (Å²) in [4.78, 5) is 16.7. The van der Waals surface area contributed by atoms with Crippen molar-refractivity contribution >= 4 is 21.6 Å². The van der Waals surface area contributed by atoms with E-state index < -0.39 is 10.0 Å². The van der Waals surface area contributed by atoms with Crippen LogP contribution in [0.15, 0.2) is 78.0 Å². The molecule has 7 heteroatoms. The van der Waals surface area contributed by atoms with Gasteiger partial charge in [0.15, 0.2) is 0 Å². The third-order valence-corrected chi connectivity index (χ3v) is 6.13. The van der Waals surface area contributed by atoms with E-state index in [9.17, 15) is 13.2 Å². The number of aromatic nitrogens is 1. The smallest absolute Gasteiger partial charge is 0.264 e. The van der Waals surface area contributed by atoms with E-state index in [1.165, 1.54) is 11.4 Å². The fraction of sp³-hybridized carbons (Fsp3) is 0.143. The molecule has 3 aromatic rings. The Hall–Kier alpha value is -3.19. The van der Waals surface area contributed by atoms with Crippen molar-refractivity contribution in [3.05, 3.63) is 89.7 Å². The maximum atomic E-state index is 12.9. The molecule has 0 fully saturated rings. The number of sulfonamides is 1. The topological polar surface area (TPSA) is 79.4 Å². The van der Waals surface area contributed by atoms with E-state index >= 15 is 0 Å². The van der Waals surface area contributed by atoms with Crippen LogP contribution in [0.5, 0.6) is 0 Å². The van der Waals surface area contributed by atoms with Gasteiger partial charge in [0.05, 0.1) is 10.6 Å².